The van der Waals surface area contributed by atoms with Gasteiger partial charge in [0.15, 0.2) is 0 Å². The van der Waals surface area contributed by atoms with Gasteiger partial charge in [-0.2, -0.15) is 5.26 Å². The summed E-state index contributed by atoms with van der Waals surface area (Å²) < 4.78 is 0.652. The summed E-state index contributed by atoms with van der Waals surface area (Å²) >= 11 is 0. The second-order valence-corrected chi connectivity index (χ2v) is 6.49. The Bertz CT molecular complexity index is 520. The zero-order valence-corrected chi connectivity index (χ0v) is 15.3. The molecule has 1 aliphatic carbocycles. The fraction of sp³-hybridized carbons (Fsp3) is 0.529. The lowest BCUT2D eigenvalue weighted by atomic mass is 9.83. The highest BCUT2D eigenvalue weighted by Crippen LogP contribution is 2.26. The van der Waals surface area contributed by atoms with Crippen LogP contribution in [0.4, 0.5) is 0 Å². The van der Waals surface area contributed by atoms with Crippen molar-refractivity contribution < 1.29 is 28.6 Å². The van der Waals surface area contributed by atoms with E-state index in [0.717, 1.165) is 18.4 Å². The quantitative estimate of drug-likeness (QED) is 0.412. The Hall–Kier alpha value is -0.930. The van der Waals surface area contributed by atoms with Crippen LogP contribution in [-0.4, -0.2) is 31.4 Å². The Morgan fingerprint density at radius 3 is 2.43 bits per heavy atom. The van der Waals surface area contributed by atoms with Gasteiger partial charge in [-0.25, -0.2) is 4.59 Å². The second kappa shape index (κ2) is 7.90. The standard InChI is InChI=1S/C17H24N3.HI/c1-20(2,3)19-17-7-5-4-6-16(17)12-14-8-10-15(13-18)11-9-14;/h8-11,16H,4-7,12H2,1-3H3;1H/q+1;/p-1. The first-order chi connectivity index (χ1) is 9.48. The summed E-state index contributed by atoms with van der Waals surface area (Å²) in [6, 6.07) is 10.2. The molecule has 1 fully saturated rings. The molecule has 0 amide bonds. The van der Waals surface area contributed by atoms with Gasteiger partial charge < -0.3 is 24.0 Å². The van der Waals surface area contributed by atoms with Gasteiger partial charge >= 0.3 is 0 Å². The Morgan fingerprint density at radius 2 is 1.86 bits per heavy atom. The number of hydrogen-bond acceptors (Lipinski definition) is 2. The molecule has 0 aromatic heterocycles. The molecule has 0 spiro atoms. The lowest BCUT2D eigenvalue weighted by Crippen LogP contribution is -3.00. The lowest BCUT2D eigenvalue weighted by molar-refractivity contribution is -0.877. The summed E-state index contributed by atoms with van der Waals surface area (Å²) in [6.07, 6.45) is 5.99. The van der Waals surface area contributed by atoms with Crippen LogP contribution in [-0.2, 0) is 6.42 Å². The first kappa shape index (κ1) is 18.1. The van der Waals surface area contributed by atoms with Crippen LogP contribution in [0.3, 0.4) is 0 Å². The van der Waals surface area contributed by atoms with Crippen LogP contribution in [0.15, 0.2) is 29.4 Å². The highest BCUT2D eigenvalue weighted by atomic mass is 127. The topological polar surface area (TPSA) is 36.1 Å². The molecule has 2 rings (SSSR count). The SMILES string of the molecule is C[N+](C)(C)N=C1CCCCC1Cc1ccc(C#N)cc1.[I-]. The van der Waals surface area contributed by atoms with Crippen LogP contribution in [0.1, 0.15) is 36.8 Å². The number of benzene rings is 1. The van der Waals surface area contributed by atoms with Crippen molar-refractivity contribution in [1.82, 2.24) is 0 Å². The normalized spacial score (nSPS) is 20.7. The molecule has 1 saturated carbocycles. The van der Waals surface area contributed by atoms with Gasteiger partial charge in [-0.05, 0) is 43.4 Å². The molecule has 114 valence electrons. The van der Waals surface area contributed by atoms with E-state index in [4.69, 9.17) is 10.4 Å². The van der Waals surface area contributed by atoms with Gasteiger partial charge in [0.1, 0.15) is 0 Å². The summed E-state index contributed by atoms with van der Waals surface area (Å²) in [5.41, 5.74) is 3.41. The monoisotopic (exact) mass is 397 g/mol. The minimum Gasteiger partial charge on any atom is -1.00 e. The van der Waals surface area contributed by atoms with Crippen LogP contribution >= 0.6 is 0 Å². The average Bonchev–Trinajstić information content (AvgIpc) is 2.40. The molecule has 3 nitrogen and oxygen atoms in total. The Labute approximate surface area is 145 Å². The molecule has 1 atom stereocenters. The van der Waals surface area contributed by atoms with Crippen molar-refractivity contribution in [3.05, 3.63) is 35.4 Å². The molecule has 4 heteroatoms. The number of quaternary nitrogens is 1. The van der Waals surface area contributed by atoms with Crippen molar-refractivity contribution in [3.8, 4) is 6.07 Å². The molecule has 1 unspecified atom stereocenters. The molecular weight excluding hydrogens is 373 g/mol. The molecular formula is C17H24IN3. The molecule has 0 saturated heterocycles. The van der Waals surface area contributed by atoms with Crippen LogP contribution in [0.2, 0.25) is 0 Å². The van der Waals surface area contributed by atoms with Crippen molar-refractivity contribution in [2.24, 2.45) is 11.0 Å². The highest BCUT2D eigenvalue weighted by molar-refractivity contribution is 5.87. The van der Waals surface area contributed by atoms with Crippen LogP contribution in [0, 0.1) is 17.2 Å². The average molecular weight is 397 g/mol. The van der Waals surface area contributed by atoms with Crippen molar-refractivity contribution >= 4 is 5.71 Å². The van der Waals surface area contributed by atoms with Gasteiger partial charge in [-0.1, -0.05) is 23.7 Å². The predicted molar refractivity (Wildman–Crippen MR) is 82.3 cm³/mol. The summed E-state index contributed by atoms with van der Waals surface area (Å²) in [6.45, 7) is 0. The van der Waals surface area contributed by atoms with E-state index in [1.807, 2.05) is 12.1 Å². The van der Waals surface area contributed by atoms with Gasteiger partial charge in [0.2, 0.25) is 0 Å². The third-order valence-electron chi connectivity index (χ3n) is 3.70. The predicted octanol–water partition coefficient (Wildman–Crippen LogP) is 0.357. The van der Waals surface area contributed by atoms with Crippen molar-refractivity contribution in [3.63, 3.8) is 0 Å². The Balaban J connectivity index is 0.00000220. The summed E-state index contributed by atoms with van der Waals surface area (Å²) in [5.74, 6) is 0.564. The second-order valence-electron chi connectivity index (χ2n) is 6.49. The minimum absolute atomic E-state index is 0. The van der Waals surface area contributed by atoms with E-state index >= 15 is 0 Å². The molecule has 0 heterocycles. The van der Waals surface area contributed by atoms with Crippen LogP contribution < -0.4 is 24.0 Å². The first-order valence-corrected chi connectivity index (χ1v) is 7.37. The van der Waals surface area contributed by atoms with Gasteiger partial charge in [0, 0.05) is 5.92 Å². The van der Waals surface area contributed by atoms with E-state index in [-0.39, 0.29) is 24.0 Å². The van der Waals surface area contributed by atoms with Crippen molar-refractivity contribution in [2.45, 2.75) is 32.1 Å². The summed E-state index contributed by atoms with van der Waals surface area (Å²) in [4.78, 5) is 0. The number of rotatable bonds is 3. The molecule has 0 radical (unpaired) electrons. The fourth-order valence-electron chi connectivity index (χ4n) is 2.80. The molecule has 0 N–H and O–H groups in total. The maximum absolute atomic E-state index is 8.85. The molecule has 21 heavy (non-hydrogen) atoms. The van der Waals surface area contributed by atoms with Crippen molar-refractivity contribution in [1.29, 1.82) is 5.26 Å². The smallest absolute Gasteiger partial charge is 0.0991 e. The molecule has 0 bridgehead atoms. The lowest BCUT2D eigenvalue weighted by Gasteiger charge is -2.26. The van der Waals surface area contributed by atoms with E-state index < -0.39 is 0 Å². The zero-order valence-electron chi connectivity index (χ0n) is 13.1. The number of halogens is 1. The first-order valence-electron chi connectivity index (χ1n) is 7.37. The Morgan fingerprint density at radius 1 is 1.19 bits per heavy atom. The van der Waals surface area contributed by atoms with E-state index in [1.165, 1.54) is 30.5 Å². The number of nitrogens with zero attached hydrogens (tertiary/aromatic N) is 3. The van der Waals surface area contributed by atoms with E-state index in [0.29, 0.717) is 10.5 Å². The summed E-state index contributed by atoms with van der Waals surface area (Å²) in [5, 5.41) is 13.7. The fourth-order valence-corrected chi connectivity index (χ4v) is 2.80. The van der Waals surface area contributed by atoms with Gasteiger partial charge in [0.05, 0.1) is 38.5 Å². The third-order valence-corrected chi connectivity index (χ3v) is 3.70. The maximum Gasteiger partial charge on any atom is 0.0991 e. The highest BCUT2D eigenvalue weighted by Gasteiger charge is 2.24. The molecule has 1 aromatic carbocycles. The maximum atomic E-state index is 8.85. The third kappa shape index (κ3) is 5.76. The molecule has 0 aliphatic heterocycles. The zero-order chi connectivity index (χ0) is 14.6. The van der Waals surface area contributed by atoms with Gasteiger partial charge in [0.25, 0.3) is 0 Å². The van der Waals surface area contributed by atoms with Crippen molar-refractivity contribution in [2.75, 3.05) is 21.1 Å². The van der Waals surface area contributed by atoms with E-state index in [1.54, 1.807) is 0 Å². The van der Waals surface area contributed by atoms with Gasteiger partial charge in [-0.3, -0.25) is 0 Å². The largest absolute Gasteiger partial charge is 1.00 e. The van der Waals surface area contributed by atoms with Gasteiger partial charge in [-0.15, -0.1) is 0 Å². The van der Waals surface area contributed by atoms with E-state index in [9.17, 15) is 0 Å². The van der Waals surface area contributed by atoms with Crippen LogP contribution in [0.25, 0.3) is 0 Å². The van der Waals surface area contributed by atoms with Crippen LogP contribution in [0.5, 0.6) is 0 Å². The molecule has 1 aliphatic rings. The minimum atomic E-state index is 0. The summed E-state index contributed by atoms with van der Waals surface area (Å²) in [7, 11) is 6.33. The van der Waals surface area contributed by atoms with E-state index in [2.05, 4.69) is 39.3 Å². The number of nitriles is 1. The Kier molecular flexibility index (Phi) is 6.82. The number of hydrogen-bond donors (Lipinski definition) is 0. The molecule has 1 aromatic rings.